The van der Waals surface area contributed by atoms with E-state index < -0.39 is 0 Å². The number of hydrogen-bond donors (Lipinski definition) is 2. The lowest BCUT2D eigenvalue weighted by Gasteiger charge is -2.41. The topological polar surface area (TPSA) is 62.6 Å². The van der Waals surface area contributed by atoms with E-state index >= 15 is 0 Å². The molecular formula is C13H22N2O2. The number of furan rings is 1. The van der Waals surface area contributed by atoms with Gasteiger partial charge >= 0.3 is 0 Å². The zero-order valence-electron chi connectivity index (χ0n) is 10.4. The average molecular weight is 238 g/mol. The highest BCUT2D eigenvalue weighted by atomic mass is 16.3. The molecule has 1 unspecified atom stereocenters. The van der Waals surface area contributed by atoms with Crippen molar-refractivity contribution in [2.45, 2.75) is 38.3 Å². The van der Waals surface area contributed by atoms with E-state index in [9.17, 15) is 5.11 Å². The fraction of sp³-hybridized carbons (Fsp3) is 0.692. The van der Waals surface area contributed by atoms with Crippen molar-refractivity contribution in [3.05, 3.63) is 23.7 Å². The van der Waals surface area contributed by atoms with Crippen LogP contribution in [0.15, 0.2) is 16.5 Å². The summed E-state index contributed by atoms with van der Waals surface area (Å²) in [6.07, 6.45) is 3.69. The summed E-state index contributed by atoms with van der Waals surface area (Å²) in [5.74, 6) is 1.83. The molecule has 96 valence electrons. The molecule has 1 saturated carbocycles. The second kappa shape index (κ2) is 5.67. The van der Waals surface area contributed by atoms with Gasteiger partial charge in [-0.05, 0) is 31.9 Å². The first-order valence-electron chi connectivity index (χ1n) is 6.39. The SMILES string of the molecule is Cc1ccc(C(CN)N(CCO)C2CCC2)o1. The van der Waals surface area contributed by atoms with Crippen molar-refractivity contribution in [2.75, 3.05) is 19.7 Å². The number of nitrogens with zero attached hydrogens (tertiary/aromatic N) is 1. The van der Waals surface area contributed by atoms with E-state index in [1.807, 2.05) is 19.1 Å². The maximum absolute atomic E-state index is 9.19. The van der Waals surface area contributed by atoms with Gasteiger partial charge in [0.25, 0.3) is 0 Å². The van der Waals surface area contributed by atoms with Crippen LogP contribution >= 0.6 is 0 Å². The number of aliphatic hydroxyl groups is 1. The molecule has 1 aliphatic rings. The van der Waals surface area contributed by atoms with Crippen molar-refractivity contribution in [2.24, 2.45) is 5.73 Å². The first kappa shape index (κ1) is 12.6. The van der Waals surface area contributed by atoms with Gasteiger partial charge in [0.2, 0.25) is 0 Å². The van der Waals surface area contributed by atoms with Crippen LogP contribution in [0.1, 0.15) is 36.8 Å². The van der Waals surface area contributed by atoms with E-state index in [0.29, 0.717) is 19.1 Å². The Kier molecular flexibility index (Phi) is 4.20. The number of aryl methyl sites for hydroxylation is 1. The average Bonchev–Trinajstić information content (AvgIpc) is 2.64. The van der Waals surface area contributed by atoms with Crippen LogP contribution in [-0.4, -0.2) is 35.7 Å². The van der Waals surface area contributed by atoms with Gasteiger partial charge in [-0.15, -0.1) is 0 Å². The molecule has 1 aliphatic carbocycles. The Morgan fingerprint density at radius 2 is 2.29 bits per heavy atom. The summed E-state index contributed by atoms with van der Waals surface area (Å²) < 4.78 is 5.68. The zero-order valence-corrected chi connectivity index (χ0v) is 10.4. The first-order chi connectivity index (χ1) is 8.26. The van der Waals surface area contributed by atoms with Crippen LogP contribution in [0.5, 0.6) is 0 Å². The highest BCUT2D eigenvalue weighted by Gasteiger charge is 2.31. The quantitative estimate of drug-likeness (QED) is 0.787. The van der Waals surface area contributed by atoms with Gasteiger partial charge in [0.05, 0.1) is 12.6 Å². The predicted molar refractivity (Wildman–Crippen MR) is 66.7 cm³/mol. The minimum atomic E-state index is 0.0983. The molecule has 1 heterocycles. The summed E-state index contributed by atoms with van der Waals surface area (Å²) in [7, 11) is 0. The Hall–Kier alpha value is -0.840. The maximum Gasteiger partial charge on any atom is 0.122 e. The van der Waals surface area contributed by atoms with Crippen LogP contribution in [-0.2, 0) is 0 Å². The third kappa shape index (κ3) is 2.70. The highest BCUT2D eigenvalue weighted by molar-refractivity contribution is 5.11. The molecule has 0 aliphatic heterocycles. The summed E-state index contributed by atoms with van der Waals surface area (Å²) in [5, 5.41) is 9.19. The van der Waals surface area contributed by atoms with Crippen molar-refractivity contribution < 1.29 is 9.52 Å². The van der Waals surface area contributed by atoms with Gasteiger partial charge in [0.1, 0.15) is 11.5 Å². The zero-order chi connectivity index (χ0) is 12.3. The molecule has 0 aromatic carbocycles. The molecule has 0 radical (unpaired) electrons. The van der Waals surface area contributed by atoms with Crippen molar-refractivity contribution in [3.63, 3.8) is 0 Å². The maximum atomic E-state index is 9.19. The summed E-state index contributed by atoms with van der Waals surface area (Å²) in [4.78, 5) is 2.29. The Bertz CT molecular complexity index is 347. The molecule has 0 spiro atoms. The van der Waals surface area contributed by atoms with Crippen molar-refractivity contribution >= 4 is 0 Å². The molecule has 1 fully saturated rings. The van der Waals surface area contributed by atoms with Gasteiger partial charge in [0, 0.05) is 19.1 Å². The minimum Gasteiger partial charge on any atom is -0.465 e. The van der Waals surface area contributed by atoms with Crippen LogP contribution in [0, 0.1) is 6.92 Å². The lowest BCUT2D eigenvalue weighted by molar-refractivity contribution is 0.0532. The molecule has 17 heavy (non-hydrogen) atoms. The van der Waals surface area contributed by atoms with Gasteiger partial charge < -0.3 is 15.3 Å². The summed E-state index contributed by atoms with van der Waals surface area (Å²) >= 11 is 0. The van der Waals surface area contributed by atoms with Crippen molar-refractivity contribution in [1.82, 2.24) is 4.90 Å². The molecule has 2 rings (SSSR count). The number of nitrogens with two attached hydrogens (primary N) is 1. The molecule has 1 aromatic heterocycles. The lowest BCUT2D eigenvalue weighted by Crippen LogP contribution is -2.46. The van der Waals surface area contributed by atoms with E-state index in [1.165, 1.54) is 19.3 Å². The molecule has 0 saturated heterocycles. The lowest BCUT2D eigenvalue weighted by atomic mass is 9.90. The summed E-state index contributed by atoms with van der Waals surface area (Å²) in [6, 6.07) is 4.62. The predicted octanol–water partition coefficient (Wildman–Crippen LogP) is 1.43. The molecule has 0 bridgehead atoms. The highest BCUT2D eigenvalue weighted by Crippen LogP contribution is 2.32. The van der Waals surface area contributed by atoms with Gasteiger partial charge in [-0.1, -0.05) is 6.42 Å². The van der Waals surface area contributed by atoms with Gasteiger partial charge in [-0.25, -0.2) is 0 Å². The Labute approximate surface area is 102 Å². The Balaban J connectivity index is 2.12. The smallest absolute Gasteiger partial charge is 0.122 e. The molecule has 4 heteroatoms. The Morgan fingerprint density at radius 1 is 1.53 bits per heavy atom. The summed E-state index contributed by atoms with van der Waals surface area (Å²) in [6.45, 7) is 3.32. The molecule has 4 nitrogen and oxygen atoms in total. The van der Waals surface area contributed by atoms with Gasteiger partial charge in [-0.2, -0.15) is 0 Å². The van der Waals surface area contributed by atoms with Crippen LogP contribution in [0.4, 0.5) is 0 Å². The summed E-state index contributed by atoms with van der Waals surface area (Å²) in [5.41, 5.74) is 5.88. The minimum absolute atomic E-state index is 0.0983. The second-order valence-electron chi connectivity index (χ2n) is 4.75. The van der Waals surface area contributed by atoms with Gasteiger partial charge in [0.15, 0.2) is 0 Å². The number of aliphatic hydroxyl groups excluding tert-OH is 1. The molecule has 1 atom stereocenters. The standard InChI is InChI=1S/C13H22N2O2/c1-10-5-6-13(17-10)12(9-14)15(7-8-16)11-3-2-4-11/h5-6,11-12,16H,2-4,7-9,14H2,1H3. The van der Waals surface area contributed by atoms with E-state index in [1.54, 1.807) is 0 Å². The van der Waals surface area contributed by atoms with Crippen molar-refractivity contribution in [3.8, 4) is 0 Å². The van der Waals surface area contributed by atoms with Crippen LogP contribution < -0.4 is 5.73 Å². The van der Waals surface area contributed by atoms with E-state index in [-0.39, 0.29) is 12.6 Å². The fourth-order valence-corrected chi connectivity index (χ4v) is 2.47. The number of rotatable bonds is 6. The molecule has 0 amide bonds. The second-order valence-corrected chi connectivity index (χ2v) is 4.75. The third-order valence-electron chi connectivity index (χ3n) is 3.62. The molecule has 3 N–H and O–H groups in total. The number of hydrogen-bond acceptors (Lipinski definition) is 4. The monoisotopic (exact) mass is 238 g/mol. The van der Waals surface area contributed by atoms with E-state index in [2.05, 4.69) is 4.90 Å². The fourth-order valence-electron chi connectivity index (χ4n) is 2.47. The Morgan fingerprint density at radius 3 is 2.71 bits per heavy atom. The van der Waals surface area contributed by atoms with E-state index in [4.69, 9.17) is 10.2 Å². The van der Waals surface area contributed by atoms with Crippen molar-refractivity contribution in [1.29, 1.82) is 0 Å². The van der Waals surface area contributed by atoms with Crippen LogP contribution in [0.3, 0.4) is 0 Å². The molecule has 1 aromatic rings. The largest absolute Gasteiger partial charge is 0.465 e. The van der Waals surface area contributed by atoms with E-state index in [0.717, 1.165) is 11.5 Å². The normalized spacial score (nSPS) is 18.4. The van der Waals surface area contributed by atoms with Gasteiger partial charge in [-0.3, -0.25) is 4.90 Å². The van der Waals surface area contributed by atoms with Crippen LogP contribution in [0.2, 0.25) is 0 Å². The molecular weight excluding hydrogens is 216 g/mol. The third-order valence-corrected chi connectivity index (χ3v) is 3.62. The van der Waals surface area contributed by atoms with Crippen LogP contribution in [0.25, 0.3) is 0 Å². The first-order valence-corrected chi connectivity index (χ1v) is 6.39.